The van der Waals surface area contributed by atoms with Crippen molar-refractivity contribution in [1.82, 2.24) is 25.2 Å². The van der Waals surface area contributed by atoms with E-state index >= 15 is 8.78 Å². The molecule has 252 valence electrons. The molecule has 2 bridgehead atoms. The topological polar surface area (TPSA) is 90.2 Å². The fourth-order valence-electron chi connectivity index (χ4n) is 9.14. The Labute approximate surface area is 284 Å². The number of hydrogen-bond acceptors (Lipinski definition) is 9. The Bertz CT molecular complexity index is 2210. The molecule has 8 heterocycles. The third-order valence-electron chi connectivity index (χ3n) is 11.4. The van der Waals surface area contributed by atoms with Gasteiger partial charge >= 0.3 is 6.01 Å². The van der Waals surface area contributed by atoms with E-state index in [1.54, 1.807) is 6.20 Å². The Kier molecular flexibility index (Phi) is 6.90. The molecule has 5 aliphatic heterocycles. The number of fused-ring (bicyclic) bond motifs is 7. The molecule has 4 aromatic rings. The minimum atomic E-state index is -1.65. The van der Waals surface area contributed by atoms with Crippen LogP contribution in [0.4, 0.5) is 23.4 Å². The molecule has 4 saturated heterocycles. The van der Waals surface area contributed by atoms with Gasteiger partial charge in [0.05, 0.1) is 27.7 Å². The number of anilines is 1. The van der Waals surface area contributed by atoms with Crippen molar-refractivity contribution in [2.75, 3.05) is 31.1 Å². The molecule has 0 spiro atoms. The molecule has 0 amide bonds. The molecule has 1 N–H and O–H groups in total. The summed E-state index contributed by atoms with van der Waals surface area (Å²) in [6, 6.07) is 2.33. The van der Waals surface area contributed by atoms with Gasteiger partial charge in [-0.3, -0.25) is 9.88 Å². The number of piperazine rings is 1. The van der Waals surface area contributed by atoms with Crippen molar-refractivity contribution < 1.29 is 22.3 Å². The monoisotopic (exact) mass is 687 g/mol. The van der Waals surface area contributed by atoms with Crippen molar-refractivity contribution in [3.05, 3.63) is 57.6 Å². The summed E-state index contributed by atoms with van der Waals surface area (Å²) in [6.07, 6.45) is 3.98. The summed E-state index contributed by atoms with van der Waals surface area (Å²) in [5.74, 6) is -1.35. The second-order valence-corrected chi connectivity index (χ2v) is 15.4. The lowest BCUT2D eigenvalue weighted by molar-refractivity contribution is 0.108. The summed E-state index contributed by atoms with van der Waals surface area (Å²) in [4.78, 5) is 18.9. The number of pyridine rings is 1. The molecule has 4 atom stereocenters. The number of nitrogens with one attached hydrogen (secondary N) is 1. The largest absolute Gasteiger partial charge is 0.461 e. The molecule has 3 aromatic heterocycles. The lowest BCUT2D eigenvalue weighted by atomic mass is 9.91. The number of hydrogen-bond donors (Lipinski definition) is 1. The van der Waals surface area contributed by atoms with Gasteiger partial charge in [-0.05, 0) is 70.1 Å². The van der Waals surface area contributed by atoms with Crippen LogP contribution in [0.2, 0.25) is 0 Å². The Balaban J connectivity index is 1.27. The van der Waals surface area contributed by atoms with E-state index in [0.717, 1.165) is 34.4 Å². The van der Waals surface area contributed by atoms with E-state index in [1.165, 1.54) is 11.3 Å². The third kappa shape index (κ3) is 4.43. The van der Waals surface area contributed by atoms with Crippen LogP contribution in [0.5, 0.6) is 6.01 Å². The van der Waals surface area contributed by atoms with Gasteiger partial charge in [-0.15, -0.1) is 11.3 Å². The van der Waals surface area contributed by atoms with Crippen LogP contribution >= 0.6 is 11.3 Å². The minimum Gasteiger partial charge on any atom is -0.461 e. The standard InChI is InChI=1S/C36H33F4N7OS/c1-16-9-23-22-6-5-20(43-22)14-47(23)34-26-24(16)28(37)27(30-25-21(11-41)18(3)49-32(25)17(2)12-42-30)29(38)31(26)44-35(45-34)48-15-36-7-4-8-46(36)13-19(10-36)33(39)40/h12,20,22-23,43H,1,4-10,13-15H2,2-3H3/t20-,22+,23+,36+/m1/s1. The van der Waals surface area contributed by atoms with Gasteiger partial charge in [-0.25, -0.2) is 8.78 Å². The number of halogens is 4. The van der Waals surface area contributed by atoms with Crippen molar-refractivity contribution >= 4 is 43.7 Å². The molecule has 5 aliphatic rings. The van der Waals surface area contributed by atoms with Crippen LogP contribution in [0, 0.1) is 36.8 Å². The number of nitriles is 1. The maximum atomic E-state index is 17.3. The molecular weight excluding hydrogens is 655 g/mol. The molecule has 0 aliphatic carbocycles. The molecule has 0 saturated carbocycles. The van der Waals surface area contributed by atoms with Gasteiger partial charge in [0, 0.05) is 63.5 Å². The van der Waals surface area contributed by atoms with Gasteiger partial charge < -0.3 is 15.0 Å². The number of aromatic nitrogens is 3. The summed E-state index contributed by atoms with van der Waals surface area (Å²) in [7, 11) is 0. The summed E-state index contributed by atoms with van der Waals surface area (Å²) < 4.78 is 68.9. The number of aryl methyl sites for hydroxylation is 2. The Morgan fingerprint density at radius 1 is 1.18 bits per heavy atom. The van der Waals surface area contributed by atoms with Crippen molar-refractivity contribution in [3.8, 4) is 23.3 Å². The second-order valence-electron chi connectivity index (χ2n) is 14.2. The Hall–Kier alpha value is -4.12. The normalized spacial score (nSPS) is 26.0. The lowest BCUT2D eigenvalue weighted by Crippen LogP contribution is -2.58. The molecule has 9 rings (SSSR count). The van der Waals surface area contributed by atoms with E-state index in [0.29, 0.717) is 48.3 Å². The predicted octanol–water partition coefficient (Wildman–Crippen LogP) is 7.17. The number of ether oxygens (including phenoxy) is 1. The first-order valence-corrected chi connectivity index (χ1v) is 17.5. The highest BCUT2D eigenvalue weighted by atomic mass is 32.1. The first-order valence-electron chi connectivity index (χ1n) is 16.7. The lowest BCUT2D eigenvalue weighted by Gasteiger charge is -2.41. The van der Waals surface area contributed by atoms with Crippen LogP contribution in [-0.4, -0.2) is 69.8 Å². The number of nitrogens with zero attached hydrogens (tertiary/aromatic N) is 6. The molecule has 0 unspecified atom stereocenters. The van der Waals surface area contributed by atoms with E-state index in [2.05, 4.69) is 32.8 Å². The van der Waals surface area contributed by atoms with Crippen molar-refractivity contribution in [3.63, 3.8) is 0 Å². The average Bonchev–Trinajstić information content (AvgIpc) is 3.82. The number of benzene rings is 1. The fourth-order valence-corrected chi connectivity index (χ4v) is 10.2. The number of rotatable bonds is 4. The molecule has 8 nitrogen and oxygen atoms in total. The van der Waals surface area contributed by atoms with Crippen molar-refractivity contribution in [1.29, 1.82) is 5.26 Å². The van der Waals surface area contributed by atoms with Gasteiger partial charge in [0.15, 0.2) is 5.82 Å². The van der Waals surface area contributed by atoms with Crippen LogP contribution < -0.4 is 15.0 Å². The van der Waals surface area contributed by atoms with E-state index in [9.17, 15) is 14.0 Å². The summed E-state index contributed by atoms with van der Waals surface area (Å²) in [6.45, 7) is 9.52. The highest BCUT2D eigenvalue weighted by molar-refractivity contribution is 7.19. The maximum absolute atomic E-state index is 17.3. The molecule has 4 fully saturated rings. The molecule has 13 heteroatoms. The van der Waals surface area contributed by atoms with E-state index in [1.807, 2.05) is 18.7 Å². The predicted molar refractivity (Wildman–Crippen MR) is 180 cm³/mol. The van der Waals surface area contributed by atoms with E-state index in [-0.39, 0.29) is 77.0 Å². The number of thiophene rings is 1. The van der Waals surface area contributed by atoms with Crippen LogP contribution in [0.25, 0.3) is 37.8 Å². The maximum Gasteiger partial charge on any atom is 0.319 e. The fraction of sp³-hybridized carbons (Fsp3) is 0.444. The minimum absolute atomic E-state index is 0.0341. The summed E-state index contributed by atoms with van der Waals surface area (Å²) >= 11 is 1.39. The Morgan fingerprint density at radius 3 is 2.82 bits per heavy atom. The van der Waals surface area contributed by atoms with Gasteiger partial charge in [-0.1, -0.05) is 6.58 Å². The SMILES string of the molecule is C=C1C[C@H]2[C@@H]3CC[C@H](CN2c2nc(OC[C@@]45CCCN4CC(=C(F)F)C5)nc4c(F)c(-c5ncc(C)c6sc(C)c(C#N)c56)c(F)c1c24)N3. The molecule has 1 aromatic carbocycles. The van der Waals surface area contributed by atoms with Crippen molar-refractivity contribution in [2.24, 2.45) is 0 Å². The summed E-state index contributed by atoms with van der Waals surface area (Å²) in [5.41, 5.74) is 0.800. The zero-order valence-electron chi connectivity index (χ0n) is 27.1. The van der Waals surface area contributed by atoms with Crippen LogP contribution in [0.3, 0.4) is 0 Å². The molecular formula is C36H33F4N7OS. The van der Waals surface area contributed by atoms with Crippen molar-refractivity contribution in [2.45, 2.75) is 76.0 Å². The first-order chi connectivity index (χ1) is 23.6. The third-order valence-corrected chi connectivity index (χ3v) is 12.7. The molecule has 49 heavy (non-hydrogen) atoms. The van der Waals surface area contributed by atoms with Gasteiger partial charge in [0.1, 0.15) is 29.8 Å². The van der Waals surface area contributed by atoms with Gasteiger partial charge in [-0.2, -0.15) is 24.0 Å². The van der Waals surface area contributed by atoms with Gasteiger partial charge in [0.2, 0.25) is 0 Å². The summed E-state index contributed by atoms with van der Waals surface area (Å²) in [5, 5.41) is 14.4. The molecule has 0 radical (unpaired) electrons. The first kappa shape index (κ1) is 30.9. The smallest absolute Gasteiger partial charge is 0.319 e. The van der Waals surface area contributed by atoms with Gasteiger partial charge in [0.25, 0.3) is 6.08 Å². The van der Waals surface area contributed by atoms with E-state index in [4.69, 9.17) is 9.72 Å². The quantitative estimate of drug-likeness (QED) is 0.226. The highest BCUT2D eigenvalue weighted by Gasteiger charge is 2.49. The zero-order valence-corrected chi connectivity index (χ0v) is 27.9. The van der Waals surface area contributed by atoms with Crippen LogP contribution in [0.1, 0.15) is 60.1 Å². The van der Waals surface area contributed by atoms with E-state index < -0.39 is 23.3 Å². The highest BCUT2D eigenvalue weighted by Crippen LogP contribution is 2.49. The average molecular weight is 688 g/mol. The zero-order chi connectivity index (χ0) is 33.9. The second kappa shape index (κ2) is 10.9. The van der Waals surface area contributed by atoms with Crippen LogP contribution in [-0.2, 0) is 0 Å². The van der Waals surface area contributed by atoms with Crippen LogP contribution in [0.15, 0.2) is 24.4 Å². The Morgan fingerprint density at radius 2 is 2.02 bits per heavy atom.